The Morgan fingerprint density at radius 2 is 2.23 bits per heavy atom. The summed E-state index contributed by atoms with van der Waals surface area (Å²) in [6.07, 6.45) is 2.26. The van der Waals surface area contributed by atoms with Crippen molar-refractivity contribution in [3.05, 3.63) is 29.8 Å². The van der Waals surface area contributed by atoms with Crippen LogP contribution in [-0.4, -0.2) is 38.4 Å². The number of nitrogens with zero attached hydrogens (tertiary/aromatic N) is 1. The molecule has 2 heterocycles. The van der Waals surface area contributed by atoms with Gasteiger partial charge in [-0.05, 0) is 31.4 Å². The van der Waals surface area contributed by atoms with Crippen molar-refractivity contribution in [2.24, 2.45) is 11.8 Å². The van der Waals surface area contributed by atoms with Crippen molar-refractivity contribution in [1.29, 1.82) is 0 Å². The highest BCUT2D eigenvalue weighted by molar-refractivity contribution is 5.78. The molecule has 3 aliphatic rings. The Balaban J connectivity index is 1.77. The first-order valence-electron chi connectivity index (χ1n) is 8.34. The third-order valence-electron chi connectivity index (χ3n) is 5.65. The Labute approximate surface area is 131 Å². The van der Waals surface area contributed by atoms with Gasteiger partial charge in [0.15, 0.2) is 0 Å². The molecule has 1 saturated carbocycles. The summed E-state index contributed by atoms with van der Waals surface area (Å²) in [5, 5.41) is 0. The van der Waals surface area contributed by atoms with Crippen molar-refractivity contribution in [1.82, 2.24) is 0 Å². The van der Waals surface area contributed by atoms with Crippen LogP contribution in [0.1, 0.15) is 31.2 Å². The third-order valence-corrected chi connectivity index (χ3v) is 5.65. The summed E-state index contributed by atoms with van der Waals surface area (Å²) in [5.74, 6) is 0.460. The van der Waals surface area contributed by atoms with Crippen molar-refractivity contribution in [2.75, 3.05) is 25.2 Å². The second-order valence-electron chi connectivity index (χ2n) is 6.61. The van der Waals surface area contributed by atoms with Gasteiger partial charge in [0.25, 0.3) is 0 Å². The molecular weight excluding hydrogens is 278 g/mol. The molecule has 4 rings (SSSR count). The molecule has 0 radical (unpaired) electrons. The first kappa shape index (κ1) is 14.1. The van der Waals surface area contributed by atoms with Crippen LogP contribution in [0.2, 0.25) is 0 Å². The number of rotatable bonds is 2. The molecule has 118 valence electrons. The maximum atomic E-state index is 12.6. The molecule has 1 aromatic rings. The van der Waals surface area contributed by atoms with Crippen LogP contribution in [0.5, 0.6) is 0 Å². The fraction of sp³-hybridized carbons (Fsp3) is 0.611. The van der Waals surface area contributed by atoms with Gasteiger partial charge >= 0.3 is 5.97 Å². The lowest BCUT2D eigenvalue weighted by molar-refractivity contribution is -0.151. The highest BCUT2D eigenvalue weighted by Crippen LogP contribution is 2.56. The van der Waals surface area contributed by atoms with Gasteiger partial charge in [-0.1, -0.05) is 18.2 Å². The van der Waals surface area contributed by atoms with Gasteiger partial charge in [-0.25, -0.2) is 0 Å². The zero-order chi connectivity index (χ0) is 15.3. The number of anilines is 1. The Bertz CT molecular complexity index is 587. The second-order valence-corrected chi connectivity index (χ2v) is 6.61. The van der Waals surface area contributed by atoms with E-state index in [1.165, 1.54) is 11.3 Å². The van der Waals surface area contributed by atoms with Crippen LogP contribution in [-0.2, 0) is 14.3 Å². The molecule has 1 aliphatic carbocycles. The first-order valence-corrected chi connectivity index (χ1v) is 8.34. The average molecular weight is 301 g/mol. The van der Waals surface area contributed by atoms with Crippen molar-refractivity contribution in [3.8, 4) is 0 Å². The standard InChI is InChI=1S/C18H23NO3/c1-3-21-18(20)15-12-8-6-10-22-17(12)14-11-7-4-5-9-13(11)19(2)16(14)15/h4-5,7,9,12,14-17H,3,6,8,10H2,1-2H3/t12-,14+,15+,16?,17+/m0/s1. The molecule has 1 saturated heterocycles. The molecule has 0 amide bonds. The highest BCUT2D eigenvalue weighted by atomic mass is 16.5. The van der Waals surface area contributed by atoms with E-state index in [4.69, 9.17) is 9.47 Å². The van der Waals surface area contributed by atoms with E-state index in [9.17, 15) is 4.79 Å². The summed E-state index contributed by atoms with van der Waals surface area (Å²) in [6, 6.07) is 8.66. The summed E-state index contributed by atoms with van der Waals surface area (Å²) >= 11 is 0. The van der Waals surface area contributed by atoms with Gasteiger partial charge < -0.3 is 14.4 Å². The summed E-state index contributed by atoms with van der Waals surface area (Å²) < 4.78 is 11.6. The molecule has 0 N–H and O–H groups in total. The van der Waals surface area contributed by atoms with E-state index in [-0.39, 0.29) is 24.0 Å². The largest absolute Gasteiger partial charge is 0.466 e. The van der Waals surface area contributed by atoms with Crippen LogP contribution >= 0.6 is 0 Å². The highest BCUT2D eigenvalue weighted by Gasteiger charge is 2.60. The van der Waals surface area contributed by atoms with E-state index in [1.54, 1.807) is 0 Å². The predicted molar refractivity (Wildman–Crippen MR) is 84.0 cm³/mol. The van der Waals surface area contributed by atoms with Gasteiger partial charge in [0.05, 0.1) is 24.7 Å². The molecule has 0 spiro atoms. The third kappa shape index (κ3) is 1.83. The molecular formula is C18H23NO3. The average Bonchev–Trinajstić information content (AvgIpc) is 3.02. The van der Waals surface area contributed by atoms with Gasteiger partial charge in [0.1, 0.15) is 0 Å². The topological polar surface area (TPSA) is 38.8 Å². The molecule has 4 nitrogen and oxygen atoms in total. The smallest absolute Gasteiger partial charge is 0.311 e. The van der Waals surface area contributed by atoms with E-state index in [0.29, 0.717) is 18.4 Å². The summed E-state index contributed by atoms with van der Waals surface area (Å²) in [5.41, 5.74) is 2.57. The Hall–Kier alpha value is -1.55. The van der Waals surface area contributed by atoms with Crippen LogP contribution in [0, 0.1) is 11.8 Å². The number of benzene rings is 1. The molecule has 22 heavy (non-hydrogen) atoms. The minimum atomic E-state index is -0.0763. The van der Waals surface area contributed by atoms with Crippen LogP contribution in [0.3, 0.4) is 0 Å². The van der Waals surface area contributed by atoms with E-state index >= 15 is 0 Å². The first-order chi connectivity index (χ1) is 10.7. The summed E-state index contributed by atoms with van der Waals surface area (Å²) in [4.78, 5) is 14.9. The van der Waals surface area contributed by atoms with E-state index in [1.807, 2.05) is 6.92 Å². The Kier molecular flexibility index (Phi) is 3.37. The number of para-hydroxylation sites is 1. The lowest BCUT2D eigenvalue weighted by Crippen LogP contribution is -2.40. The number of likely N-dealkylation sites (N-methyl/N-ethyl adjacent to an activating group) is 1. The molecule has 0 aromatic heterocycles. The number of esters is 1. The molecule has 0 bridgehead atoms. The Morgan fingerprint density at radius 3 is 3.05 bits per heavy atom. The lowest BCUT2D eigenvalue weighted by Gasteiger charge is -2.32. The van der Waals surface area contributed by atoms with Gasteiger partial charge in [-0.2, -0.15) is 0 Å². The summed E-state index contributed by atoms with van der Waals surface area (Å²) in [7, 11) is 2.10. The molecule has 4 heteroatoms. The number of hydrogen-bond donors (Lipinski definition) is 0. The monoisotopic (exact) mass is 301 g/mol. The summed E-state index contributed by atoms with van der Waals surface area (Å²) in [6.45, 7) is 3.14. The minimum Gasteiger partial charge on any atom is -0.466 e. The quantitative estimate of drug-likeness (QED) is 0.787. The van der Waals surface area contributed by atoms with Crippen molar-refractivity contribution in [2.45, 2.75) is 37.8 Å². The van der Waals surface area contributed by atoms with Crippen molar-refractivity contribution < 1.29 is 14.3 Å². The van der Waals surface area contributed by atoms with Crippen LogP contribution in [0.25, 0.3) is 0 Å². The van der Waals surface area contributed by atoms with Gasteiger partial charge in [-0.15, -0.1) is 0 Å². The van der Waals surface area contributed by atoms with Gasteiger partial charge in [0.2, 0.25) is 0 Å². The van der Waals surface area contributed by atoms with Crippen LogP contribution < -0.4 is 4.90 Å². The van der Waals surface area contributed by atoms with Crippen molar-refractivity contribution >= 4 is 11.7 Å². The Morgan fingerprint density at radius 1 is 1.41 bits per heavy atom. The fourth-order valence-corrected chi connectivity index (χ4v) is 4.90. The van der Waals surface area contributed by atoms with E-state index < -0.39 is 0 Å². The van der Waals surface area contributed by atoms with Gasteiger partial charge in [-0.3, -0.25) is 4.79 Å². The van der Waals surface area contributed by atoms with E-state index in [0.717, 1.165) is 19.4 Å². The molecule has 2 fully saturated rings. The van der Waals surface area contributed by atoms with Crippen LogP contribution in [0.15, 0.2) is 24.3 Å². The fourth-order valence-electron chi connectivity index (χ4n) is 4.90. The van der Waals surface area contributed by atoms with Gasteiger partial charge in [0, 0.05) is 31.2 Å². The van der Waals surface area contributed by atoms with Crippen molar-refractivity contribution in [3.63, 3.8) is 0 Å². The number of carbonyl (C=O) groups excluding carboxylic acids is 1. The molecule has 1 unspecified atom stereocenters. The second kappa shape index (κ2) is 5.27. The SMILES string of the molecule is CCOC(=O)[C@H]1C2[C@@H](c3ccccc3N2C)[C@@H]2OCCC[C@H]21. The predicted octanol–water partition coefficient (Wildman–Crippen LogP) is 2.58. The molecule has 1 aromatic carbocycles. The number of fused-ring (bicyclic) bond motifs is 5. The maximum Gasteiger partial charge on any atom is 0.311 e. The minimum absolute atomic E-state index is 0.0462. The normalized spacial score (nSPS) is 35.7. The number of ether oxygens (including phenoxy) is 2. The zero-order valence-electron chi connectivity index (χ0n) is 13.2. The maximum absolute atomic E-state index is 12.6. The molecule has 2 aliphatic heterocycles. The zero-order valence-corrected chi connectivity index (χ0v) is 13.2. The number of carbonyl (C=O) groups is 1. The van der Waals surface area contributed by atoms with Crippen LogP contribution in [0.4, 0.5) is 5.69 Å². The lowest BCUT2D eigenvalue weighted by atomic mass is 9.86. The number of hydrogen-bond acceptors (Lipinski definition) is 4. The molecule has 5 atom stereocenters. The van der Waals surface area contributed by atoms with E-state index in [2.05, 4.69) is 36.2 Å².